The van der Waals surface area contributed by atoms with E-state index >= 15 is 0 Å². The lowest BCUT2D eigenvalue weighted by Gasteiger charge is -2.18. The Morgan fingerprint density at radius 3 is 2.25 bits per heavy atom. The van der Waals surface area contributed by atoms with Crippen molar-refractivity contribution in [1.29, 1.82) is 0 Å². The van der Waals surface area contributed by atoms with E-state index in [4.69, 9.17) is 13.9 Å². The van der Waals surface area contributed by atoms with Crippen LogP contribution in [0.5, 0.6) is 5.75 Å². The van der Waals surface area contributed by atoms with E-state index < -0.39 is 5.97 Å². The number of rotatable bonds is 10. The monoisotopic (exact) mass is 430 g/mol. The lowest BCUT2D eigenvalue weighted by atomic mass is 9.89. The Morgan fingerprint density at radius 2 is 1.59 bits per heavy atom. The van der Waals surface area contributed by atoms with Gasteiger partial charge in [0.05, 0.1) is 20.0 Å². The van der Waals surface area contributed by atoms with Crippen molar-refractivity contribution < 1.29 is 23.4 Å². The van der Waals surface area contributed by atoms with E-state index in [2.05, 4.69) is 53.3 Å². The summed E-state index contributed by atoms with van der Waals surface area (Å²) in [6.07, 6.45) is 2.55. The van der Waals surface area contributed by atoms with Crippen LogP contribution in [0.2, 0.25) is 0 Å². The van der Waals surface area contributed by atoms with Crippen LogP contribution in [0.1, 0.15) is 29.0 Å². The number of benzene rings is 3. The van der Waals surface area contributed by atoms with Gasteiger partial charge >= 0.3 is 5.97 Å². The standard InChI is InChI=1S/C27H26O5/c1-29-26(28)19-31-25-14-8-13-24-22(18-32-27(24)25)17-30-16-15-23(20-9-4-2-5-10-20)21-11-6-3-7-12-21/h2-14,18,23H,15-17,19H2,1H3. The van der Waals surface area contributed by atoms with Crippen LogP contribution in [-0.4, -0.2) is 26.3 Å². The highest BCUT2D eigenvalue weighted by Crippen LogP contribution is 2.31. The lowest BCUT2D eigenvalue weighted by Crippen LogP contribution is -2.12. The third kappa shape index (κ3) is 5.18. The maximum Gasteiger partial charge on any atom is 0.343 e. The maximum absolute atomic E-state index is 11.4. The molecule has 0 aliphatic heterocycles. The molecule has 0 saturated heterocycles. The predicted octanol–water partition coefficient (Wildman–Crippen LogP) is 5.72. The summed E-state index contributed by atoms with van der Waals surface area (Å²) in [5, 5.41) is 0.912. The fourth-order valence-electron chi connectivity index (χ4n) is 3.78. The van der Waals surface area contributed by atoms with Crippen LogP contribution >= 0.6 is 0 Å². The van der Waals surface area contributed by atoms with Gasteiger partial charge in [-0.1, -0.05) is 72.8 Å². The molecule has 0 saturated carbocycles. The van der Waals surface area contributed by atoms with E-state index in [1.165, 1.54) is 18.2 Å². The second-order valence-electron chi connectivity index (χ2n) is 7.47. The van der Waals surface area contributed by atoms with Crippen molar-refractivity contribution in [2.24, 2.45) is 0 Å². The van der Waals surface area contributed by atoms with Crippen LogP contribution in [0.15, 0.2) is 89.5 Å². The Bertz CT molecular complexity index is 1100. The maximum atomic E-state index is 11.4. The van der Waals surface area contributed by atoms with Crippen LogP contribution < -0.4 is 4.74 Å². The minimum absolute atomic E-state index is 0.164. The predicted molar refractivity (Wildman–Crippen MR) is 123 cm³/mol. The first kappa shape index (κ1) is 21.7. The minimum Gasteiger partial charge on any atom is -0.478 e. The molecule has 0 unspecified atom stereocenters. The number of carbonyl (C=O) groups is 1. The van der Waals surface area contributed by atoms with Crippen LogP contribution in [0, 0.1) is 0 Å². The summed E-state index contributed by atoms with van der Waals surface area (Å²) in [6, 6.07) is 26.6. The van der Waals surface area contributed by atoms with Crippen LogP contribution in [0.25, 0.3) is 11.0 Å². The summed E-state index contributed by atoms with van der Waals surface area (Å²) in [4.78, 5) is 11.4. The molecule has 0 aliphatic rings. The molecular formula is C27H26O5. The van der Waals surface area contributed by atoms with E-state index in [0.29, 0.717) is 24.5 Å². The van der Waals surface area contributed by atoms with Crippen molar-refractivity contribution >= 4 is 16.9 Å². The number of ether oxygens (including phenoxy) is 3. The molecule has 0 bridgehead atoms. The van der Waals surface area contributed by atoms with Crippen molar-refractivity contribution in [3.05, 3.63) is 102 Å². The highest BCUT2D eigenvalue weighted by molar-refractivity contribution is 5.86. The number of fused-ring (bicyclic) bond motifs is 1. The second-order valence-corrected chi connectivity index (χ2v) is 7.47. The van der Waals surface area contributed by atoms with Crippen LogP contribution in [-0.2, 0) is 20.9 Å². The molecule has 0 fully saturated rings. The van der Waals surface area contributed by atoms with Gasteiger partial charge in [0.25, 0.3) is 0 Å². The first-order valence-corrected chi connectivity index (χ1v) is 10.6. The molecule has 164 valence electrons. The topological polar surface area (TPSA) is 57.9 Å². The first-order valence-electron chi connectivity index (χ1n) is 10.6. The SMILES string of the molecule is COC(=O)COc1cccc2c(COCCC(c3ccccc3)c3ccccc3)coc12. The van der Waals surface area contributed by atoms with E-state index in [-0.39, 0.29) is 12.5 Å². The number of hydrogen-bond donors (Lipinski definition) is 0. The number of para-hydroxylation sites is 1. The average molecular weight is 431 g/mol. The number of methoxy groups -OCH3 is 1. The van der Waals surface area contributed by atoms with Gasteiger partial charge in [-0.2, -0.15) is 0 Å². The molecular weight excluding hydrogens is 404 g/mol. The number of furan rings is 1. The fraction of sp³-hybridized carbons (Fsp3) is 0.222. The summed E-state index contributed by atoms with van der Waals surface area (Å²) in [5.41, 5.74) is 4.10. The van der Waals surface area contributed by atoms with Gasteiger partial charge in [0.2, 0.25) is 0 Å². The molecule has 0 spiro atoms. The quantitative estimate of drug-likeness (QED) is 0.238. The Balaban J connectivity index is 1.40. The third-order valence-corrected chi connectivity index (χ3v) is 5.43. The largest absolute Gasteiger partial charge is 0.478 e. The van der Waals surface area contributed by atoms with Crippen LogP contribution in [0.4, 0.5) is 0 Å². The molecule has 1 aromatic heterocycles. The number of hydrogen-bond acceptors (Lipinski definition) is 5. The molecule has 0 aliphatic carbocycles. The van der Waals surface area contributed by atoms with Gasteiger partial charge in [-0.25, -0.2) is 4.79 Å². The molecule has 0 amide bonds. The van der Waals surface area contributed by atoms with E-state index in [9.17, 15) is 4.79 Å². The molecule has 3 aromatic carbocycles. The zero-order valence-electron chi connectivity index (χ0n) is 18.0. The van der Waals surface area contributed by atoms with Crippen molar-refractivity contribution in [1.82, 2.24) is 0 Å². The molecule has 0 atom stereocenters. The second kappa shape index (κ2) is 10.6. The fourth-order valence-corrected chi connectivity index (χ4v) is 3.78. The average Bonchev–Trinajstić information content (AvgIpc) is 3.27. The van der Waals surface area contributed by atoms with Crippen molar-refractivity contribution in [2.45, 2.75) is 18.9 Å². The summed E-state index contributed by atoms with van der Waals surface area (Å²) < 4.78 is 21.9. The molecule has 4 rings (SSSR count). The first-order chi connectivity index (χ1) is 15.8. The molecule has 4 aromatic rings. The highest BCUT2D eigenvalue weighted by atomic mass is 16.6. The lowest BCUT2D eigenvalue weighted by molar-refractivity contribution is -0.142. The van der Waals surface area contributed by atoms with Gasteiger partial charge in [-0.15, -0.1) is 0 Å². The number of carbonyl (C=O) groups excluding carboxylic acids is 1. The van der Waals surface area contributed by atoms with Crippen molar-refractivity contribution in [2.75, 3.05) is 20.3 Å². The Kier molecular flexibility index (Phi) is 7.20. The van der Waals surface area contributed by atoms with Gasteiger partial charge < -0.3 is 18.6 Å². The smallest absolute Gasteiger partial charge is 0.343 e. The molecule has 1 heterocycles. The van der Waals surface area contributed by atoms with E-state index in [1.807, 2.05) is 24.3 Å². The van der Waals surface area contributed by atoms with E-state index in [0.717, 1.165) is 17.4 Å². The highest BCUT2D eigenvalue weighted by Gasteiger charge is 2.15. The number of esters is 1. The Labute approximate surface area is 187 Å². The van der Waals surface area contributed by atoms with Gasteiger partial charge in [-0.05, 0) is 23.6 Å². The summed E-state index contributed by atoms with van der Waals surface area (Å²) in [7, 11) is 1.33. The van der Waals surface area contributed by atoms with Crippen molar-refractivity contribution in [3.8, 4) is 5.75 Å². The third-order valence-electron chi connectivity index (χ3n) is 5.43. The van der Waals surface area contributed by atoms with Crippen molar-refractivity contribution in [3.63, 3.8) is 0 Å². The van der Waals surface area contributed by atoms with Gasteiger partial charge in [0.1, 0.15) is 0 Å². The Hall–Kier alpha value is -3.57. The molecule has 5 nitrogen and oxygen atoms in total. The van der Waals surface area contributed by atoms with Gasteiger partial charge in [0.15, 0.2) is 17.9 Å². The summed E-state index contributed by atoms with van der Waals surface area (Å²) in [5.74, 6) is 0.340. The van der Waals surface area contributed by atoms with Crippen LogP contribution in [0.3, 0.4) is 0 Å². The van der Waals surface area contributed by atoms with Gasteiger partial charge in [0, 0.05) is 23.5 Å². The molecule has 0 radical (unpaired) electrons. The Morgan fingerprint density at radius 1 is 0.906 bits per heavy atom. The van der Waals surface area contributed by atoms with E-state index in [1.54, 1.807) is 12.3 Å². The summed E-state index contributed by atoms with van der Waals surface area (Å²) in [6.45, 7) is 0.881. The minimum atomic E-state index is -0.441. The van der Waals surface area contributed by atoms with Gasteiger partial charge in [-0.3, -0.25) is 0 Å². The molecule has 32 heavy (non-hydrogen) atoms. The molecule has 0 N–H and O–H groups in total. The normalized spacial score (nSPS) is 11.1. The summed E-state index contributed by atoms with van der Waals surface area (Å²) >= 11 is 0. The zero-order valence-corrected chi connectivity index (χ0v) is 18.0. The zero-order chi connectivity index (χ0) is 22.2. The molecule has 5 heteroatoms.